The summed E-state index contributed by atoms with van der Waals surface area (Å²) in [5.41, 5.74) is 5.21. The van der Waals surface area contributed by atoms with E-state index in [-0.39, 0.29) is 11.7 Å². The second kappa shape index (κ2) is 9.56. The molecule has 0 spiro atoms. The summed E-state index contributed by atoms with van der Waals surface area (Å²) in [5, 5.41) is 17.0. The summed E-state index contributed by atoms with van der Waals surface area (Å²) < 4.78 is 0.422. The number of hydrogen-bond acceptors (Lipinski definition) is 4. The molecule has 3 N–H and O–H groups in total. The van der Waals surface area contributed by atoms with Crippen LogP contribution >= 0.6 is 27.5 Å². The van der Waals surface area contributed by atoms with Gasteiger partial charge in [-0.05, 0) is 71.4 Å². The number of phenols is 1. The molecule has 0 aliphatic carbocycles. The lowest BCUT2D eigenvalue weighted by Gasteiger charge is -2.07. The lowest BCUT2D eigenvalue weighted by Crippen LogP contribution is -2.18. The number of nitrogens with one attached hydrogen (secondary N) is 2. The SMILES string of the molecule is Cc1cccc(C(=O)Nc2ccc(C(=O)N/N=C\c3cc(Cl)cc(Br)c3O)cc2)c1. The molecular weight excluding hydrogens is 470 g/mol. The van der Waals surface area contributed by atoms with E-state index in [1.807, 2.05) is 19.1 Å². The monoisotopic (exact) mass is 485 g/mol. The van der Waals surface area contributed by atoms with Crippen LogP contribution in [0.5, 0.6) is 5.75 Å². The van der Waals surface area contributed by atoms with Crippen molar-refractivity contribution in [3.8, 4) is 5.75 Å². The van der Waals surface area contributed by atoms with E-state index in [1.165, 1.54) is 12.3 Å². The van der Waals surface area contributed by atoms with Crippen LogP contribution in [0.1, 0.15) is 31.8 Å². The number of amides is 2. The first-order chi connectivity index (χ1) is 14.3. The average molecular weight is 487 g/mol. The summed E-state index contributed by atoms with van der Waals surface area (Å²) >= 11 is 9.12. The van der Waals surface area contributed by atoms with Crippen molar-refractivity contribution in [2.75, 3.05) is 5.32 Å². The van der Waals surface area contributed by atoms with Gasteiger partial charge >= 0.3 is 0 Å². The summed E-state index contributed by atoms with van der Waals surface area (Å²) in [4.78, 5) is 24.5. The van der Waals surface area contributed by atoms with Crippen molar-refractivity contribution >= 4 is 51.2 Å². The predicted octanol–water partition coefficient (Wildman–Crippen LogP) is 5.13. The standard InChI is InChI=1S/C22H17BrClN3O3/c1-13-3-2-4-15(9-13)21(29)26-18-7-5-14(6-8-18)22(30)27-25-12-16-10-17(24)11-19(23)20(16)28/h2-12,28H,1H3,(H,26,29)(H,27,30)/b25-12-. The van der Waals surface area contributed by atoms with Crippen LogP contribution in [0.2, 0.25) is 5.02 Å². The van der Waals surface area contributed by atoms with Gasteiger partial charge in [0.15, 0.2) is 0 Å². The van der Waals surface area contributed by atoms with Crippen LogP contribution in [0.15, 0.2) is 70.2 Å². The molecule has 0 aromatic heterocycles. The fourth-order valence-corrected chi connectivity index (χ4v) is 3.44. The number of aryl methyl sites for hydroxylation is 1. The Morgan fingerprint density at radius 3 is 2.47 bits per heavy atom. The second-order valence-corrected chi connectivity index (χ2v) is 7.72. The smallest absolute Gasteiger partial charge is 0.271 e. The van der Waals surface area contributed by atoms with E-state index in [2.05, 4.69) is 31.8 Å². The van der Waals surface area contributed by atoms with Crippen molar-refractivity contribution in [2.45, 2.75) is 6.92 Å². The molecule has 3 aromatic carbocycles. The molecule has 30 heavy (non-hydrogen) atoms. The van der Waals surface area contributed by atoms with Crippen LogP contribution in [-0.4, -0.2) is 23.1 Å². The van der Waals surface area contributed by atoms with E-state index in [4.69, 9.17) is 11.6 Å². The molecule has 0 radical (unpaired) electrons. The van der Waals surface area contributed by atoms with Crippen LogP contribution in [-0.2, 0) is 0 Å². The minimum Gasteiger partial charge on any atom is -0.506 e. The first kappa shape index (κ1) is 21.5. The normalized spacial score (nSPS) is 10.8. The Balaban J connectivity index is 1.62. The highest BCUT2D eigenvalue weighted by molar-refractivity contribution is 9.10. The minimum absolute atomic E-state index is 0.0360. The maximum Gasteiger partial charge on any atom is 0.271 e. The largest absolute Gasteiger partial charge is 0.506 e. The Labute approximate surface area is 186 Å². The fourth-order valence-electron chi connectivity index (χ4n) is 2.60. The van der Waals surface area contributed by atoms with E-state index >= 15 is 0 Å². The molecule has 8 heteroatoms. The van der Waals surface area contributed by atoms with Crippen molar-refractivity contribution < 1.29 is 14.7 Å². The van der Waals surface area contributed by atoms with Crippen molar-refractivity contribution in [1.29, 1.82) is 0 Å². The van der Waals surface area contributed by atoms with E-state index in [0.717, 1.165) is 5.56 Å². The van der Waals surface area contributed by atoms with Gasteiger partial charge in [0.05, 0.1) is 10.7 Å². The van der Waals surface area contributed by atoms with E-state index < -0.39 is 5.91 Å². The van der Waals surface area contributed by atoms with Gasteiger partial charge < -0.3 is 10.4 Å². The molecule has 0 heterocycles. The lowest BCUT2D eigenvalue weighted by molar-refractivity contribution is 0.0954. The third-order valence-corrected chi connectivity index (χ3v) is 4.94. The predicted molar refractivity (Wildman–Crippen MR) is 121 cm³/mol. The zero-order chi connectivity index (χ0) is 21.7. The van der Waals surface area contributed by atoms with E-state index in [0.29, 0.717) is 31.9 Å². The van der Waals surface area contributed by atoms with Gasteiger partial charge in [-0.3, -0.25) is 9.59 Å². The van der Waals surface area contributed by atoms with Crippen LogP contribution < -0.4 is 10.7 Å². The van der Waals surface area contributed by atoms with Crippen molar-refractivity contribution in [1.82, 2.24) is 5.43 Å². The molecule has 6 nitrogen and oxygen atoms in total. The number of carbonyl (C=O) groups excluding carboxylic acids is 2. The van der Waals surface area contributed by atoms with E-state index in [1.54, 1.807) is 42.5 Å². The number of aromatic hydroxyl groups is 1. The highest BCUT2D eigenvalue weighted by atomic mass is 79.9. The van der Waals surface area contributed by atoms with Gasteiger partial charge in [-0.25, -0.2) is 5.43 Å². The number of carbonyl (C=O) groups is 2. The summed E-state index contributed by atoms with van der Waals surface area (Å²) in [5.74, 6) is -0.706. The molecule has 152 valence electrons. The molecule has 3 rings (SSSR count). The van der Waals surface area contributed by atoms with Crippen molar-refractivity contribution in [3.63, 3.8) is 0 Å². The van der Waals surface area contributed by atoms with Crippen LogP contribution in [0, 0.1) is 6.92 Å². The zero-order valence-electron chi connectivity index (χ0n) is 15.8. The van der Waals surface area contributed by atoms with Gasteiger partial charge in [-0.15, -0.1) is 0 Å². The summed E-state index contributed by atoms with van der Waals surface area (Å²) in [6, 6.07) is 16.7. The van der Waals surface area contributed by atoms with Gasteiger partial charge in [0.2, 0.25) is 0 Å². The third-order valence-electron chi connectivity index (χ3n) is 4.11. The number of hydrogen-bond donors (Lipinski definition) is 3. The van der Waals surface area contributed by atoms with Gasteiger partial charge in [0, 0.05) is 27.4 Å². The van der Waals surface area contributed by atoms with Gasteiger partial charge in [-0.2, -0.15) is 5.10 Å². The number of nitrogens with zero attached hydrogens (tertiary/aromatic N) is 1. The molecule has 0 saturated carbocycles. The van der Waals surface area contributed by atoms with Gasteiger partial charge in [0.25, 0.3) is 11.8 Å². The Hall–Kier alpha value is -3.16. The van der Waals surface area contributed by atoms with Crippen LogP contribution in [0.4, 0.5) is 5.69 Å². The summed E-state index contributed by atoms with van der Waals surface area (Å²) in [7, 11) is 0. The Kier molecular flexibility index (Phi) is 6.87. The summed E-state index contributed by atoms with van der Waals surface area (Å²) in [6.45, 7) is 1.92. The molecule has 0 atom stereocenters. The molecule has 2 amide bonds. The van der Waals surface area contributed by atoms with Crippen molar-refractivity contribution in [2.24, 2.45) is 5.10 Å². The molecular formula is C22H17BrClN3O3. The Morgan fingerprint density at radius 1 is 1.03 bits per heavy atom. The molecule has 0 aliphatic heterocycles. The minimum atomic E-state index is -0.441. The molecule has 0 aliphatic rings. The van der Waals surface area contributed by atoms with Gasteiger partial charge in [0.1, 0.15) is 5.75 Å². The third kappa shape index (κ3) is 5.46. The number of phenolic OH excluding ortho intramolecular Hbond substituents is 1. The molecule has 0 saturated heterocycles. The molecule has 0 bridgehead atoms. The highest BCUT2D eigenvalue weighted by Gasteiger charge is 2.09. The lowest BCUT2D eigenvalue weighted by atomic mass is 10.1. The van der Waals surface area contributed by atoms with E-state index in [9.17, 15) is 14.7 Å². The van der Waals surface area contributed by atoms with Crippen LogP contribution in [0.3, 0.4) is 0 Å². The van der Waals surface area contributed by atoms with Crippen LogP contribution in [0.25, 0.3) is 0 Å². The summed E-state index contributed by atoms with van der Waals surface area (Å²) in [6.07, 6.45) is 1.29. The first-order valence-electron chi connectivity index (χ1n) is 8.83. The van der Waals surface area contributed by atoms with Gasteiger partial charge in [-0.1, -0.05) is 29.3 Å². The second-order valence-electron chi connectivity index (χ2n) is 6.43. The topological polar surface area (TPSA) is 90.8 Å². The highest BCUT2D eigenvalue weighted by Crippen LogP contribution is 2.30. The number of hydrazone groups is 1. The number of rotatable bonds is 5. The maximum atomic E-state index is 12.3. The first-order valence-corrected chi connectivity index (χ1v) is 10.00. The zero-order valence-corrected chi connectivity index (χ0v) is 18.2. The number of halogens is 2. The average Bonchev–Trinajstić information content (AvgIpc) is 2.72. The Bertz CT molecular complexity index is 1130. The number of anilines is 1. The molecule has 0 fully saturated rings. The quantitative estimate of drug-likeness (QED) is 0.345. The Morgan fingerprint density at radius 2 is 1.77 bits per heavy atom. The molecule has 0 unspecified atom stereocenters. The molecule has 3 aromatic rings. The number of benzene rings is 3. The maximum absolute atomic E-state index is 12.3. The van der Waals surface area contributed by atoms with Crippen molar-refractivity contribution in [3.05, 3.63) is 92.4 Å². The fraction of sp³-hybridized carbons (Fsp3) is 0.0455.